The molecular weight excluding hydrogens is 350 g/mol. The van der Waals surface area contributed by atoms with E-state index in [1.54, 1.807) is 30.1 Å². The van der Waals surface area contributed by atoms with E-state index in [2.05, 4.69) is 5.32 Å². The smallest absolute Gasteiger partial charge is 0.234 e. The molecule has 0 saturated heterocycles. The van der Waals surface area contributed by atoms with Crippen molar-refractivity contribution in [2.45, 2.75) is 19.5 Å². The number of carbonyl (C=O) groups is 1. The van der Waals surface area contributed by atoms with Gasteiger partial charge in [-0.1, -0.05) is 47.5 Å². The molecule has 1 amide bonds. The van der Waals surface area contributed by atoms with Crippen molar-refractivity contribution in [2.75, 3.05) is 13.6 Å². The summed E-state index contributed by atoms with van der Waals surface area (Å²) in [7, 11) is 1.74. The average Bonchev–Trinajstić information content (AvgIpc) is 2.51. The molecule has 0 radical (unpaired) electrons. The van der Waals surface area contributed by atoms with Gasteiger partial charge in [0.25, 0.3) is 0 Å². The molecule has 0 saturated carbocycles. The van der Waals surface area contributed by atoms with Crippen LogP contribution in [0.3, 0.4) is 0 Å². The average molecular weight is 369 g/mol. The van der Waals surface area contributed by atoms with Crippen molar-refractivity contribution in [3.8, 4) is 0 Å². The first-order chi connectivity index (χ1) is 11.4. The van der Waals surface area contributed by atoms with Crippen LogP contribution >= 0.6 is 23.2 Å². The number of benzene rings is 2. The zero-order valence-electron chi connectivity index (χ0n) is 13.5. The van der Waals surface area contributed by atoms with E-state index in [9.17, 15) is 9.18 Å². The van der Waals surface area contributed by atoms with Crippen molar-refractivity contribution < 1.29 is 9.18 Å². The first kappa shape index (κ1) is 18.7. The fourth-order valence-electron chi connectivity index (χ4n) is 2.45. The van der Waals surface area contributed by atoms with Crippen LogP contribution in [0.1, 0.15) is 24.1 Å². The zero-order chi connectivity index (χ0) is 17.7. The van der Waals surface area contributed by atoms with Crippen molar-refractivity contribution >= 4 is 29.1 Å². The fraction of sp³-hybridized carbons (Fsp3) is 0.278. The monoisotopic (exact) mass is 368 g/mol. The molecule has 128 valence electrons. The first-order valence-electron chi connectivity index (χ1n) is 7.53. The predicted molar refractivity (Wildman–Crippen MR) is 95.8 cm³/mol. The molecular formula is C18H19Cl2FN2O. The van der Waals surface area contributed by atoms with Gasteiger partial charge in [0.2, 0.25) is 5.91 Å². The van der Waals surface area contributed by atoms with Gasteiger partial charge in [0.15, 0.2) is 0 Å². The summed E-state index contributed by atoms with van der Waals surface area (Å²) in [6, 6.07) is 11.7. The highest BCUT2D eigenvalue weighted by Gasteiger charge is 2.15. The highest BCUT2D eigenvalue weighted by molar-refractivity contribution is 6.31. The number of hydrogen-bond donors (Lipinski definition) is 1. The van der Waals surface area contributed by atoms with Gasteiger partial charge >= 0.3 is 0 Å². The van der Waals surface area contributed by atoms with E-state index in [1.165, 1.54) is 6.07 Å². The first-order valence-corrected chi connectivity index (χ1v) is 8.29. The maximum absolute atomic E-state index is 13.8. The van der Waals surface area contributed by atoms with E-state index in [-0.39, 0.29) is 30.9 Å². The number of nitrogens with one attached hydrogen (secondary N) is 1. The normalized spacial score (nSPS) is 12.2. The topological polar surface area (TPSA) is 32.3 Å². The molecule has 0 aliphatic rings. The van der Waals surface area contributed by atoms with Gasteiger partial charge in [-0.05, 0) is 37.7 Å². The van der Waals surface area contributed by atoms with Crippen molar-refractivity contribution in [1.29, 1.82) is 0 Å². The molecule has 1 atom stereocenters. The highest BCUT2D eigenvalue weighted by atomic mass is 35.5. The molecule has 2 aromatic carbocycles. The van der Waals surface area contributed by atoms with E-state index >= 15 is 0 Å². The van der Waals surface area contributed by atoms with Crippen LogP contribution in [0.25, 0.3) is 0 Å². The Morgan fingerprint density at radius 1 is 1.17 bits per heavy atom. The second-order valence-corrected chi connectivity index (χ2v) is 6.50. The van der Waals surface area contributed by atoms with Crippen molar-refractivity contribution in [3.63, 3.8) is 0 Å². The fourth-order valence-corrected chi connectivity index (χ4v) is 2.97. The van der Waals surface area contributed by atoms with Gasteiger partial charge in [0, 0.05) is 22.2 Å². The van der Waals surface area contributed by atoms with Crippen LogP contribution < -0.4 is 5.32 Å². The number of nitrogens with zero attached hydrogens (tertiary/aromatic N) is 1. The maximum atomic E-state index is 13.8. The Labute approximate surface area is 151 Å². The third kappa shape index (κ3) is 4.94. The number of likely N-dealkylation sites (N-methyl/N-ethyl adjacent to an activating group) is 1. The Kier molecular flexibility index (Phi) is 6.60. The molecule has 0 spiro atoms. The summed E-state index contributed by atoms with van der Waals surface area (Å²) in [5, 5.41) is 3.85. The van der Waals surface area contributed by atoms with Crippen LogP contribution in [0.5, 0.6) is 0 Å². The number of amides is 1. The lowest BCUT2D eigenvalue weighted by Crippen LogP contribution is -2.36. The van der Waals surface area contributed by atoms with Gasteiger partial charge in [-0.2, -0.15) is 0 Å². The molecule has 0 aliphatic heterocycles. The lowest BCUT2D eigenvalue weighted by molar-refractivity contribution is -0.122. The summed E-state index contributed by atoms with van der Waals surface area (Å²) in [5.74, 6) is -0.545. The van der Waals surface area contributed by atoms with E-state index in [0.717, 1.165) is 5.56 Å². The number of rotatable bonds is 6. The molecule has 2 aromatic rings. The second-order valence-electron chi connectivity index (χ2n) is 5.68. The minimum atomic E-state index is -0.376. The lowest BCUT2D eigenvalue weighted by Gasteiger charge is -2.20. The van der Waals surface area contributed by atoms with E-state index in [4.69, 9.17) is 23.2 Å². The molecule has 1 N–H and O–H groups in total. The molecule has 0 aliphatic carbocycles. The van der Waals surface area contributed by atoms with Crippen LogP contribution in [-0.2, 0) is 11.3 Å². The largest absolute Gasteiger partial charge is 0.348 e. The van der Waals surface area contributed by atoms with Gasteiger partial charge in [-0.3, -0.25) is 9.69 Å². The Hall–Kier alpha value is -1.62. The summed E-state index contributed by atoms with van der Waals surface area (Å²) in [6.07, 6.45) is 0. The van der Waals surface area contributed by atoms with Crippen LogP contribution in [0.15, 0.2) is 42.5 Å². The Morgan fingerprint density at radius 2 is 1.83 bits per heavy atom. The quantitative estimate of drug-likeness (QED) is 0.817. The van der Waals surface area contributed by atoms with Crippen LogP contribution in [-0.4, -0.2) is 24.4 Å². The molecule has 24 heavy (non-hydrogen) atoms. The van der Waals surface area contributed by atoms with Gasteiger partial charge < -0.3 is 5.32 Å². The summed E-state index contributed by atoms with van der Waals surface area (Å²) in [5.41, 5.74) is 1.24. The third-order valence-electron chi connectivity index (χ3n) is 3.65. The minimum Gasteiger partial charge on any atom is -0.348 e. The predicted octanol–water partition coefficient (Wildman–Crippen LogP) is 4.44. The Balaban J connectivity index is 1.93. The number of carbonyl (C=O) groups excluding carboxylic acids is 1. The van der Waals surface area contributed by atoms with Crippen LogP contribution in [0.4, 0.5) is 4.39 Å². The lowest BCUT2D eigenvalue weighted by atomic mass is 10.1. The molecule has 2 rings (SSSR count). The summed E-state index contributed by atoms with van der Waals surface area (Å²) >= 11 is 12.1. The summed E-state index contributed by atoms with van der Waals surface area (Å²) in [4.78, 5) is 13.9. The maximum Gasteiger partial charge on any atom is 0.234 e. The molecule has 0 heterocycles. The number of halogens is 3. The molecule has 0 unspecified atom stereocenters. The standard InChI is InChI=1S/C18H19Cl2FN2O/c1-12(13-6-3-4-7-15(13)19)22-18(24)11-23(2)10-14-16(20)8-5-9-17(14)21/h3-9,12H,10-11H2,1-2H3,(H,22,24)/t12-/m0/s1. The van der Waals surface area contributed by atoms with E-state index in [0.29, 0.717) is 15.6 Å². The molecule has 3 nitrogen and oxygen atoms in total. The Morgan fingerprint density at radius 3 is 2.50 bits per heavy atom. The van der Waals surface area contributed by atoms with Gasteiger partial charge in [0.1, 0.15) is 5.82 Å². The van der Waals surface area contributed by atoms with Gasteiger partial charge in [-0.15, -0.1) is 0 Å². The Bertz CT molecular complexity index is 704. The zero-order valence-corrected chi connectivity index (χ0v) is 15.0. The van der Waals surface area contributed by atoms with E-state index in [1.807, 2.05) is 25.1 Å². The summed E-state index contributed by atoms with van der Waals surface area (Å²) < 4.78 is 13.8. The number of hydrogen-bond acceptors (Lipinski definition) is 2. The van der Waals surface area contributed by atoms with Crippen LogP contribution in [0.2, 0.25) is 10.0 Å². The molecule has 6 heteroatoms. The van der Waals surface area contributed by atoms with Crippen molar-refractivity contribution in [3.05, 3.63) is 69.5 Å². The van der Waals surface area contributed by atoms with Crippen LogP contribution in [0, 0.1) is 5.82 Å². The SMILES string of the molecule is C[C@H](NC(=O)CN(C)Cc1c(F)cccc1Cl)c1ccccc1Cl. The van der Waals surface area contributed by atoms with Crippen molar-refractivity contribution in [2.24, 2.45) is 0 Å². The molecule has 0 fully saturated rings. The van der Waals surface area contributed by atoms with Gasteiger partial charge in [0.05, 0.1) is 12.6 Å². The highest BCUT2D eigenvalue weighted by Crippen LogP contribution is 2.22. The second kappa shape index (κ2) is 8.47. The molecule has 0 bridgehead atoms. The van der Waals surface area contributed by atoms with E-state index < -0.39 is 0 Å². The van der Waals surface area contributed by atoms with Gasteiger partial charge in [-0.25, -0.2) is 4.39 Å². The third-order valence-corrected chi connectivity index (χ3v) is 4.35. The molecule has 0 aromatic heterocycles. The van der Waals surface area contributed by atoms with Crippen molar-refractivity contribution in [1.82, 2.24) is 10.2 Å². The summed E-state index contributed by atoms with van der Waals surface area (Å²) in [6.45, 7) is 2.24. The minimum absolute atomic E-state index is 0.124.